The third-order valence-corrected chi connectivity index (χ3v) is 11.4. The summed E-state index contributed by atoms with van der Waals surface area (Å²) in [5.74, 6) is -1.37. The molecular formula is C58H59Cl4N6Na2O18-. The first-order valence-corrected chi connectivity index (χ1v) is 25.7. The first kappa shape index (κ1) is 81.6. The Bertz CT molecular complexity index is 3250. The van der Waals surface area contributed by atoms with Crippen LogP contribution >= 0.6 is 46.4 Å². The van der Waals surface area contributed by atoms with Crippen molar-refractivity contribution in [2.75, 3.05) is 71.1 Å². The maximum atomic E-state index is 12.2. The molecule has 1 aliphatic heterocycles. The summed E-state index contributed by atoms with van der Waals surface area (Å²) in [7, 11) is 13.5. The van der Waals surface area contributed by atoms with Gasteiger partial charge in [-0.15, -0.1) is 5.56 Å². The number of esters is 4. The maximum Gasteiger partial charge on any atom is 1.00 e. The molecule has 1 aliphatic rings. The van der Waals surface area contributed by atoms with Gasteiger partial charge in [-0.1, -0.05) is 101 Å². The number of para-hydroxylation sites is 3. The van der Waals surface area contributed by atoms with Gasteiger partial charge in [0.1, 0.15) is 79.8 Å². The molecule has 0 saturated carbocycles. The van der Waals surface area contributed by atoms with Crippen molar-refractivity contribution in [1.29, 1.82) is 0 Å². The summed E-state index contributed by atoms with van der Waals surface area (Å²) in [5, 5.41) is 9.48. The van der Waals surface area contributed by atoms with E-state index in [-0.39, 0.29) is 98.2 Å². The molecule has 2 atom stereocenters. The van der Waals surface area contributed by atoms with Crippen LogP contribution in [0.15, 0.2) is 147 Å². The number of carbonyl (C=O) groups is 4. The Morgan fingerprint density at radius 1 is 0.557 bits per heavy atom. The van der Waals surface area contributed by atoms with Gasteiger partial charge >= 0.3 is 83.0 Å². The van der Waals surface area contributed by atoms with Gasteiger partial charge in [-0.25, -0.2) is 39.5 Å². The van der Waals surface area contributed by atoms with E-state index in [9.17, 15) is 19.2 Å². The van der Waals surface area contributed by atoms with Crippen molar-refractivity contribution in [3.05, 3.63) is 196 Å². The minimum Gasteiger partial charge on any atom is -0.870 e. The average molecular weight is 1320 g/mol. The normalized spacial score (nSPS) is 11.7. The van der Waals surface area contributed by atoms with Crippen LogP contribution in [-0.4, -0.2) is 143 Å². The fourth-order valence-electron chi connectivity index (χ4n) is 6.97. The number of aromatic nitrogens is 6. The van der Waals surface area contributed by atoms with Crippen molar-refractivity contribution < 1.29 is 146 Å². The number of ether oxygens (including phenoxy) is 12. The fourth-order valence-corrected chi connectivity index (χ4v) is 7.60. The van der Waals surface area contributed by atoms with E-state index in [1.54, 1.807) is 66.7 Å². The Morgan fingerprint density at radius 2 is 1.02 bits per heavy atom. The van der Waals surface area contributed by atoms with Crippen LogP contribution in [0.25, 0.3) is 11.1 Å². The van der Waals surface area contributed by atoms with Gasteiger partial charge in [0.25, 0.3) is 0 Å². The fraction of sp³-hybridized carbons (Fsp3) is 0.241. The van der Waals surface area contributed by atoms with Crippen LogP contribution < -0.4 is 78.4 Å². The van der Waals surface area contributed by atoms with E-state index in [0.29, 0.717) is 49.8 Å². The van der Waals surface area contributed by atoms with Crippen LogP contribution in [-0.2, 0) is 61.8 Å². The van der Waals surface area contributed by atoms with Crippen LogP contribution in [0.4, 0.5) is 0 Å². The zero-order chi connectivity index (χ0) is 62.7. The molecule has 88 heavy (non-hydrogen) atoms. The van der Waals surface area contributed by atoms with Gasteiger partial charge in [0, 0.05) is 63.3 Å². The number of benzene rings is 4. The molecule has 4 aromatic carbocycles. The molecule has 8 rings (SSSR count). The number of nitrogens with zero attached hydrogens (tertiary/aromatic N) is 6. The average Bonchev–Trinajstić information content (AvgIpc) is 1.71. The summed E-state index contributed by atoms with van der Waals surface area (Å²) in [5.41, 5.74) is 3.20. The Balaban J connectivity index is 0.00000110. The predicted octanol–water partition coefficient (Wildman–Crippen LogP) is 3.43. The molecule has 4 heterocycles. The molecule has 0 bridgehead atoms. The van der Waals surface area contributed by atoms with E-state index in [1.165, 1.54) is 114 Å². The van der Waals surface area contributed by atoms with Gasteiger partial charge < -0.3 is 67.4 Å². The summed E-state index contributed by atoms with van der Waals surface area (Å²) in [6, 6.07) is 35.7. The zero-order valence-corrected chi connectivity index (χ0v) is 56.8. The third-order valence-electron chi connectivity index (χ3n) is 10.6. The molecule has 0 saturated heterocycles. The van der Waals surface area contributed by atoms with Crippen molar-refractivity contribution in [3.63, 3.8) is 0 Å². The van der Waals surface area contributed by atoms with Gasteiger partial charge in [-0.05, 0) is 18.2 Å². The molecule has 0 fully saturated rings. The van der Waals surface area contributed by atoms with Crippen molar-refractivity contribution >= 4 is 81.4 Å². The molecular weight excluding hydrogens is 1260 g/mol. The molecule has 1 N–H and O–H groups in total. The summed E-state index contributed by atoms with van der Waals surface area (Å²) >= 11 is 22.5. The molecule has 7 aromatic rings. The summed E-state index contributed by atoms with van der Waals surface area (Å²) in [6.07, 6.45) is 5.06. The second-order valence-corrected chi connectivity index (χ2v) is 17.2. The molecule has 2 unspecified atom stereocenters. The quantitative estimate of drug-likeness (QED) is 0.0137. The molecule has 0 amide bonds. The number of hydrogen-bond acceptors (Lipinski definition) is 24. The molecule has 0 radical (unpaired) electrons. The number of methoxy groups -OCH3 is 9. The molecule has 460 valence electrons. The second kappa shape index (κ2) is 45.8. The zero-order valence-electron chi connectivity index (χ0n) is 49.7. The number of hydrogen-bond donors (Lipinski definition) is 0. The van der Waals surface area contributed by atoms with Crippen molar-refractivity contribution in [3.8, 4) is 29.0 Å². The van der Waals surface area contributed by atoms with Crippen LogP contribution in [0.3, 0.4) is 0 Å². The second-order valence-electron chi connectivity index (χ2n) is 15.7. The molecule has 24 nitrogen and oxygen atoms in total. The van der Waals surface area contributed by atoms with Gasteiger partial charge in [-0.3, -0.25) is 9.59 Å². The molecule has 3 aromatic heterocycles. The van der Waals surface area contributed by atoms with Crippen LogP contribution in [0.1, 0.15) is 34.1 Å². The maximum absolute atomic E-state index is 12.2. The SMILES string of the molecule is CO/C=C(/C(=O)OC)c1ccccc1Oc1cc(Cl)ncn1.CO/C=C1\C(=O)Oc2ccccc21.COC(=O)C(c1[c-]cccc1)C(OC)OC.COC(=O)C(c1ccccc1Oc1cc(Cl)ncn1)C(OC)OC.C[O-].Clc1cc(Cl)ncn1.[Na+].[Na+].[OH-]. The van der Waals surface area contributed by atoms with E-state index in [4.69, 9.17) is 108 Å². The summed E-state index contributed by atoms with van der Waals surface area (Å²) in [4.78, 5) is 69.8. The Labute approximate surface area is 572 Å². The standard InChI is InChI=1S/C16H17ClN2O5.C15H13ClN2O4.C12H15O4.C10H8O3.C4H2Cl2N2.CH3O.2Na.H2O/c1-21-15(20)14(16(22-2)23-3)10-6-4-5-7-11(10)24-13-8-12(17)18-9-19-13;1-20-8-11(15(19)21-2)10-5-3-4-6-12(10)22-14-7-13(16)17-9-18-14;1-14-11(13)10(12(15-2)16-3)9-7-5-4-6-8-9;1-12-6-8-7-4-2-3-5-9(7)13-10(8)11;5-3-1-4(6)8-2-7-3;1-2;;;/h4-9,14,16H,1-3H3;3-9H,1-2H3;4-7,10,12H,1-3H3;2-6H,1H3;1-2H;1H3;;;1H2/q;;-1;;;-1;2*+1;/p-1/b;11-8+;;8-6-;;;;;. The monoisotopic (exact) mass is 1310 g/mol. The largest absolute Gasteiger partial charge is 1.00 e. The molecule has 0 aliphatic carbocycles. The molecule has 30 heteroatoms. The first-order chi connectivity index (χ1) is 41.1. The Morgan fingerprint density at radius 3 is 1.50 bits per heavy atom. The predicted molar refractivity (Wildman–Crippen MR) is 311 cm³/mol. The number of carbonyl (C=O) groups excluding carboxylic acids is 4. The van der Waals surface area contributed by atoms with Gasteiger partial charge in [0.15, 0.2) is 12.6 Å². The topological polar surface area (TPSA) is 309 Å². The van der Waals surface area contributed by atoms with Crippen LogP contribution in [0, 0.1) is 6.07 Å². The van der Waals surface area contributed by atoms with Crippen LogP contribution in [0.2, 0.25) is 20.6 Å². The number of rotatable bonds is 18. The number of fused-ring (bicyclic) bond motifs is 1. The van der Waals surface area contributed by atoms with Gasteiger partial charge in [0.05, 0.1) is 48.1 Å². The number of halogens is 4. The summed E-state index contributed by atoms with van der Waals surface area (Å²) in [6.45, 7) is 0. The first-order valence-electron chi connectivity index (χ1n) is 24.2. The van der Waals surface area contributed by atoms with E-state index in [0.717, 1.165) is 12.7 Å². The van der Waals surface area contributed by atoms with Crippen molar-refractivity contribution in [2.45, 2.75) is 24.4 Å². The Kier molecular flexibility index (Phi) is 42.5. The molecule has 0 spiro atoms. The van der Waals surface area contributed by atoms with E-state index >= 15 is 0 Å². The smallest absolute Gasteiger partial charge is 0.870 e. The van der Waals surface area contributed by atoms with Gasteiger partial charge in [-0.2, -0.15) is 37.4 Å². The van der Waals surface area contributed by atoms with E-state index < -0.39 is 42.3 Å². The minimum absolute atomic E-state index is 0. The third kappa shape index (κ3) is 26.4. The van der Waals surface area contributed by atoms with Gasteiger partial charge in [0.2, 0.25) is 11.8 Å². The Hall–Kier alpha value is -6.40. The summed E-state index contributed by atoms with van der Waals surface area (Å²) < 4.78 is 61.2. The minimum atomic E-state index is -0.837. The van der Waals surface area contributed by atoms with Crippen molar-refractivity contribution in [1.82, 2.24) is 29.9 Å². The van der Waals surface area contributed by atoms with E-state index in [2.05, 4.69) is 36.0 Å². The van der Waals surface area contributed by atoms with Crippen LogP contribution in [0.5, 0.6) is 29.0 Å². The van der Waals surface area contributed by atoms with Crippen molar-refractivity contribution in [2.24, 2.45) is 0 Å². The van der Waals surface area contributed by atoms with E-state index in [1.807, 2.05) is 30.3 Å².